The van der Waals surface area contributed by atoms with E-state index in [-0.39, 0.29) is 0 Å². The van der Waals surface area contributed by atoms with Crippen LogP contribution in [-0.2, 0) is 0 Å². The average Bonchev–Trinajstić information content (AvgIpc) is 2.46. The standard InChI is InChI=1S/C19H22/c1-4-5-6-16(3)17-11-13-19(14-12-17)18-9-7-15(2)8-10-18/h4-5,7-14,16H,6H2,1-3H3. The summed E-state index contributed by atoms with van der Waals surface area (Å²) in [6.07, 6.45) is 5.47. The van der Waals surface area contributed by atoms with Crippen molar-refractivity contribution in [3.63, 3.8) is 0 Å². The number of rotatable bonds is 4. The van der Waals surface area contributed by atoms with Crippen LogP contribution in [0.1, 0.15) is 37.3 Å². The molecule has 0 heterocycles. The van der Waals surface area contributed by atoms with E-state index in [1.165, 1.54) is 22.3 Å². The second-order valence-corrected chi connectivity index (χ2v) is 5.19. The molecule has 0 aliphatic heterocycles. The van der Waals surface area contributed by atoms with Crippen LogP contribution in [0, 0.1) is 6.92 Å². The Kier molecular flexibility index (Phi) is 4.57. The SMILES string of the molecule is CC=CCC(C)c1ccc(-c2ccc(C)cc2)cc1. The molecule has 0 bridgehead atoms. The zero-order chi connectivity index (χ0) is 13.7. The zero-order valence-corrected chi connectivity index (χ0v) is 12.1. The Labute approximate surface area is 116 Å². The average molecular weight is 250 g/mol. The fraction of sp³-hybridized carbons (Fsp3) is 0.263. The molecule has 0 fully saturated rings. The lowest BCUT2D eigenvalue weighted by molar-refractivity contribution is 0.780. The second-order valence-electron chi connectivity index (χ2n) is 5.19. The van der Waals surface area contributed by atoms with Gasteiger partial charge in [-0.2, -0.15) is 0 Å². The molecule has 0 spiro atoms. The first-order chi connectivity index (χ1) is 9.20. The summed E-state index contributed by atoms with van der Waals surface area (Å²) in [5.74, 6) is 0.586. The number of allylic oxidation sites excluding steroid dienone is 2. The maximum atomic E-state index is 2.28. The van der Waals surface area contributed by atoms with E-state index in [4.69, 9.17) is 0 Å². The molecule has 2 aromatic carbocycles. The summed E-state index contributed by atoms with van der Waals surface area (Å²) in [6, 6.07) is 17.7. The van der Waals surface area contributed by atoms with Crippen molar-refractivity contribution in [3.05, 3.63) is 71.8 Å². The zero-order valence-electron chi connectivity index (χ0n) is 12.1. The maximum absolute atomic E-state index is 2.28. The van der Waals surface area contributed by atoms with Crippen LogP contribution in [0.5, 0.6) is 0 Å². The van der Waals surface area contributed by atoms with Crippen LogP contribution >= 0.6 is 0 Å². The van der Waals surface area contributed by atoms with Crippen molar-refractivity contribution in [1.29, 1.82) is 0 Å². The van der Waals surface area contributed by atoms with Crippen LogP contribution in [0.15, 0.2) is 60.7 Å². The van der Waals surface area contributed by atoms with Crippen molar-refractivity contribution in [2.75, 3.05) is 0 Å². The normalized spacial score (nSPS) is 12.8. The Hall–Kier alpha value is -1.82. The van der Waals surface area contributed by atoms with E-state index in [1.807, 2.05) is 0 Å². The number of hydrogen-bond donors (Lipinski definition) is 0. The third kappa shape index (κ3) is 3.57. The predicted octanol–water partition coefficient (Wildman–Crippen LogP) is 5.73. The lowest BCUT2D eigenvalue weighted by Gasteiger charge is -2.10. The van der Waals surface area contributed by atoms with Crippen molar-refractivity contribution in [3.8, 4) is 11.1 Å². The molecule has 2 aromatic rings. The summed E-state index contributed by atoms with van der Waals surface area (Å²) in [4.78, 5) is 0. The number of benzene rings is 2. The predicted molar refractivity (Wildman–Crippen MR) is 84.5 cm³/mol. The van der Waals surface area contributed by atoms with Crippen LogP contribution in [0.25, 0.3) is 11.1 Å². The van der Waals surface area contributed by atoms with Crippen molar-refractivity contribution >= 4 is 0 Å². The van der Waals surface area contributed by atoms with Gasteiger partial charge in [0, 0.05) is 0 Å². The van der Waals surface area contributed by atoms with E-state index in [1.54, 1.807) is 0 Å². The molecule has 0 aromatic heterocycles. The molecule has 0 N–H and O–H groups in total. The molecule has 0 aliphatic carbocycles. The second kappa shape index (κ2) is 6.38. The molecule has 0 radical (unpaired) electrons. The minimum absolute atomic E-state index is 0.586. The highest BCUT2D eigenvalue weighted by molar-refractivity contribution is 5.64. The molecule has 1 unspecified atom stereocenters. The Morgan fingerprint density at radius 3 is 1.95 bits per heavy atom. The molecule has 2 rings (SSSR count). The molecule has 0 amide bonds. The van der Waals surface area contributed by atoms with Gasteiger partial charge in [-0.25, -0.2) is 0 Å². The first-order valence-electron chi connectivity index (χ1n) is 6.99. The fourth-order valence-corrected chi connectivity index (χ4v) is 2.23. The third-order valence-electron chi connectivity index (χ3n) is 3.59. The van der Waals surface area contributed by atoms with Gasteiger partial charge in [-0.1, -0.05) is 73.2 Å². The molecule has 1 atom stereocenters. The monoisotopic (exact) mass is 250 g/mol. The fourth-order valence-electron chi connectivity index (χ4n) is 2.23. The Balaban J connectivity index is 2.16. The summed E-state index contributed by atoms with van der Waals surface area (Å²) < 4.78 is 0. The molecular weight excluding hydrogens is 228 g/mol. The van der Waals surface area contributed by atoms with Crippen molar-refractivity contribution < 1.29 is 0 Å². The molecule has 98 valence electrons. The molecule has 0 heteroatoms. The molecule has 0 saturated carbocycles. The van der Waals surface area contributed by atoms with E-state index in [0.29, 0.717) is 5.92 Å². The first-order valence-corrected chi connectivity index (χ1v) is 6.99. The highest BCUT2D eigenvalue weighted by atomic mass is 14.1. The molecule has 0 nitrogen and oxygen atoms in total. The van der Waals surface area contributed by atoms with Crippen molar-refractivity contribution in [2.24, 2.45) is 0 Å². The summed E-state index contributed by atoms with van der Waals surface area (Å²) in [5, 5.41) is 0. The summed E-state index contributed by atoms with van der Waals surface area (Å²) in [6.45, 7) is 6.48. The van der Waals surface area contributed by atoms with E-state index < -0.39 is 0 Å². The minimum atomic E-state index is 0.586. The summed E-state index contributed by atoms with van der Waals surface area (Å²) in [7, 11) is 0. The van der Waals surface area contributed by atoms with Gasteiger partial charge in [-0.15, -0.1) is 0 Å². The first kappa shape index (κ1) is 13.6. The summed E-state index contributed by atoms with van der Waals surface area (Å²) >= 11 is 0. The largest absolute Gasteiger partial charge is 0.0916 e. The molecular formula is C19H22. The van der Waals surface area contributed by atoms with Gasteiger partial charge in [0.05, 0.1) is 0 Å². The quantitative estimate of drug-likeness (QED) is 0.608. The molecule has 0 saturated heterocycles. The van der Waals surface area contributed by atoms with Gasteiger partial charge in [0.15, 0.2) is 0 Å². The van der Waals surface area contributed by atoms with E-state index in [9.17, 15) is 0 Å². The summed E-state index contributed by atoms with van der Waals surface area (Å²) in [5.41, 5.74) is 5.30. The molecule has 19 heavy (non-hydrogen) atoms. The van der Waals surface area contributed by atoms with Gasteiger partial charge in [-0.05, 0) is 42.9 Å². The topological polar surface area (TPSA) is 0 Å². The van der Waals surface area contributed by atoms with Crippen molar-refractivity contribution in [1.82, 2.24) is 0 Å². The molecule has 0 aliphatic rings. The lowest BCUT2D eigenvalue weighted by atomic mass is 9.95. The Bertz CT molecular complexity index is 529. The van der Waals surface area contributed by atoms with Crippen LogP contribution < -0.4 is 0 Å². The van der Waals surface area contributed by atoms with Gasteiger partial charge < -0.3 is 0 Å². The van der Waals surface area contributed by atoms with Gasteiger partial charge in [0.1, 0.15) is 0 Å². The van der Waals surface area contributed by atoms with E-state index in [2.05, 4.69) is 81.5 Å². The van der Waals surface area contributed by atoms with Gasteiger partial charge in [0.2, 0.25) is 0 Å². The van der Waals surface area contributed by atoms with Gasteiger partial charge >= 0.3 is 0 Å². The van der Waals surface area contributed by atoms with Crippen LogP contribution in [-0.4, -0.2) is 0 Å². The number of aryl methyl sites for hydroxylation is 1. The Morgan fingerprint density at radius 1 is 0.895 bits per heavy atom. The van der Waals surface area contributed by atoms with E-state index in [0.717, 1.165) is 6.42 Å². The highest BCUT2D eigenvalue weighted by Gasteiger charge is 2.04. The van der Waals surface area contributed by atoms with Gasteiger partial charge in [-0.3, -0.25) is 0 Å². The highest BCUT2D eigenvalue weighted by Crippen LogP contribution is 2.24. The minimum Gasteiger partial charge on any atom is -0.0916 e. The van der Waals surface area contributed by atoms with Crippen LogP contribution in [0.2, 0.25) is 0 Å². The van der Waals surface area contributed by atoms with Crippen LogP contribution in [0.4, 0.5) is 0 Å². The van der Waals surface area contributed by atoms with Crippen LogP contribution in [0.3, 0.4) is 0 Å². The maximum Gasteiger partial charge on any atom is -0.0156 e. The number of hydrogen-bond acceptors (Lipinski definition) is 0. The van der Waals surface area contributed by atoms with Gasteiger partial charge in [0.25, 0.3) is 0 Å². The third-order valence-corrected chi connectivity index (χ3v) is 3.59. The smallest absolute Gasteiger partial charge is 0.0156 e. The lowest BCUT2D eigenvalue weighted by Crippen LogP contribution is -1.91. The van der Waals surface area contributed by atoms with E-state index >= 15 is 0 Å². The van der Waals surface area contributed by atoms with Crippen molar-refractivity contribution in [2.45, 2.75) is 33.1 Å². The Morgan fingerprint density at radius 2 is 1.42 bits per heavy atom.